The van der Waals surface area contributed by atoms with Crippen LogP contribution in [0.15, 0.2) is 17.2 Å². The van der Waals surface area contributed by atoms with E-state index >= 15 is 0 Å². The monoisotopic (exact) mass is 210 g/mol. The number of nitrogens with zero attached hydrogens (tertiary/aromatic N) is 2. The summed E-state index contributed by atoms with van der Waals surface area (Å²) < 4.78 is 1.49. The van der Waals surface area contributed by atoms with Crippen LogP contribution in [0.25, 0.3) is 0 Å². The molecule has 5 nitrogen and oxygen atoms in total. The highest BCUT2D eigenvalue weighted by Gasteiger charge is 2.18. The van der Waals surface area contributed by atoms with E-state index in [0.717, 1.165) is 6.42 Å². The first-order valence-corrected chi connectivity index (χ1v) is 4.96. The van der Waals surface area contributed by atoms with E-state index in [9.17, 15) is 4.79 Å². The first-order valence-electron chi connectivity index (χ1n) is 4.96. The fraction of sp³-hybridized carbons (Fsp3) is 0.600. The lowest BCUT2D eigenvalue weighted by atomic mass is 10.0. The van der Waals surface area contributed by atoms with Crippen LogP contribution in [-0.2, 0) is 7.05 Å². The Kier molecular flexibility index (Phi) is 3.47. The summed E-state index contributed by atoms with van der Waals surface area (Å²) in [6.45, 7) is 4.56. The van der Waals surface area contributed by atoms with Crippen molar-refractivity contribution in [2.24, 2.45) is 12.8 Å². The van der Waals surface area contributed by atoms with Crippen LogP contribution in [0.3, 0.4) is 0 Å². The summed E-state index contributed by atoms with van der Waals surface area (Å²) in [7, 11) is 1.70. The van der Waals surface area contributed by atoms with E-state index in [1.807, 2.05) is 13.8 Å². The van der Waals surface area contributed by atoms with Gasteiger partial charge in [-0.3, -0.25) is 4.79 Å². The summed E-state index contributed by atoms with van der Waals surface area (Å²) >= 11 is 0. The van der Waals surface area contributed by atoms with Crippen molar-refractivity contribution in [2.75, 3.05) is 11.9 Å². The largest absolute Gasteiger partial charge is 0.361 e. The molecule has 0 aromatic carbocycles. The second kappa shape index (κ2) is 4.44. The van der Waals surface area contributed by atoms with Crippen LogP contribution in [0, 0.1) is 0 Å². The van der Waals surface area contributed by atoms with Crippen LogP contribution >= 0.6 is 0 Å². The van der Waals surface area contributed by atoms with E-state index in [1.165, 1.54) is 4.57 Å². The van der Waals surface area contributed by atoms with Gasteiger partial charge >= 0.3 is 0 Å². The molecule has 0 unspecified atom stereocenters. The quantitative estimate of drug-likeness (QED) is 0.750. The third-order valence-corrected chi connectivity index (χ3v) is 2.24. The number of anilines is 1. The highest BCUT2D eigenvalue weighted by molar-refractivity contribution is 5.34. The predicted octanol–water partition coefficient (Wildman–Crippen LogP) is 0.320. The van der Waals surface area contributed by atoms with Crippen molar-refractivity contribution in [3.05, 3.63) is 22.7 Å². The smallest absolute Gasteiger partial charge is 0.293 e. The maximum atomic E-state index is 11.7. The van der Waals surface area contributed by atoms with Gasteiger partial charge in [-0.1, -0.05) is 0 Å². The van der Waals surface area contributed by atoms with Crippen molar-refractivity contribution >= 4 is 5.82 Å². The fourth-order valence-corrected chi connectivity index (χ4v) is 1.33. The third-order valence-electron chi connectivity index (χ3n) is 2.24. The summed E-state index contributed by atoms with van der Waals surface area (Å²) in [6.07, 6.45) is 4.01. The minimum Gasteiger partial charge on any atom is -0.361 e. The van der Waals surface area contributed by atoms with Crippen molar-refractivity contribution in [1.29, 1.82) is 0 Å². The standard InChI is InChI=1S/C10H18N4O/c1-10(2,4-5-11)13-8-9(15)14(3)7-6-12-8/h6-7H,4-5,11H2,1-3H3,(H,12,13). The van der Waals surface area contributed by atoms with E-state index < -0.39 is 0 Å². The maximum Gasteiger partial charge on any atom is 0.293 e. The summed E-state index contributed by atoms with van der Waals surface area (Å²) in [5.41, 5.74) is 5.16. The summed E-state index contributed by atoms with van der Waals surface area (Å²) in [4.78, 5) is 15.7. The zero-order valence-corrected chi connectivity index (χ0v) is 9.45. The van der Waals surface area contributed by atoms with E-state index in [4.69, 9.17) is 5.73 Å². The number of nitrogens with one attached hydrogen (secondary N) is 1. The SMILES string of the molecule is Cn1ccnc(NC(C)(C)CCN)c1=O. The van der Waals surface area contributed by atoms with Gasteiger partial charge in [0.05, 0.1) is 0 Å². The lowest BCUT2D eigenvalue weighted by molar-refractivity contribution is 0.522. The maximum absolute atomic E-state index is 11.7. The van der Waals surface area contributed by atoms with Gasteiger partial charge in [0.2, 0.25) is 0 Å². The number of rotatable bonds is 4. The second-order valence-corrected chi connectivity index (χ2v) is 4.24. The Balaban J connectivity index is 2.90. The van der Waals surface area contributed by atoms with Gasteiger partial charge in [0.15, 0.2) is 5.82 Å². The molecule has 1 aromatic rings. The Bertz CT molecular complexity index is 383. The Morgan fingerprint density at radius 2 is 2.27 bits per heavy atom. The van der Waals surface area contributed by atoms with E-state index in [0.29, 0.717) is 12.4 Å². The van der Waals surface area contributed by atoms with E-state index in [-0.39, 0.29) is 11.1 Å². The average molecular weight is 210 g/mol. The Morgan fingerprint density at radius 3 is 2.87 bits per heavy atom. The van der Waals surface area contributed by atoms with Crippen LogP contribution < -0.4 is 16.6 Å². The van der Waals surface area contributed by atoms with Crippen LogP contribution in [0.5, 0.6) is 0 Å². The molecule has 5 heteroatoms. The summed E-state index contributed by atoms with van der Waals surface area (Å²) in [6, 6.07) is 0. The third kappa shape index (κ3) is 3.06. The Hall–Kier alpha value is -1.36. The minimum absolute atomic E-state index is 0.123. The number of hydrogen-bond donors (Lipinski definition) is 2. The van der Waals surface area contributed by atoms with Gasteiger partial charge in [0.1, 0.15) is 0 Å². The molecule has 15 heavy (non-hydrogen) atoms. The molecule has 84 valence electrons. The van der Waals surface area contributed by atoms with Crippen LogP contribution in [0.2, 0.25) is 0 Å². The Labute approximate surface area is 89.3 Å². The zero-order valence-electron chi connectivity index (χ0n) is 9.45. The van der Waals surface area contributed by atoms with Crippen molar-refractivity contribution in [2.45, 2.75) is 25.8 Å². The molecule has 0 saturated carbocycles. The normalized spacial score (nSPS) is 11.5. The fourth-order valence-electron chi connectivity index (χ4n) is 1.33. The van der Waals surface area contributed by atoms with Crippen LogP contribution in [0.4, 0.5) is 5.82 Å². The van der Waals surface area contributed by atoms with Gasteiger partial charge in [-0.15, -0.1) is 0 Å². The topological polar surface area (TPSA) is 72.9 Å². The molecule has 0 spiro atoms. The van der Waals surface area contributed by atoms with Crippen LogP contribution in [0.1, 0.15) is 20.3 Å². The predicted molar refractivity (Wildman–Crippen MR) is 60.9 cm³/mol. The lowest BCUT2D eigenvalue weighted by Gasteiger charge is -2.25. The van der Waals surface area contributed by atoms with Crippen molar-refractivity contribution in [3.8, 4) is 0 Å². The highest BCUT2D eigenvalue weighted by Crippen LogP contribution is 2.12. The summed E-state index contributed by atoms with van der Waals surface area (Å²) in [5.74, 6) is 0.374. The molecule has 0 aliphatic heterocycles. The Morgan fingerprint density at radius 1 is 1.60 bits per heavy atom. The van der Waals surface area contributed by atoms with E-state index in [2.05, 4.69) is 10.3 Å². The van der Waals surface area contributed by atoms with Gasteiger partial charge in [0.25, 0.3) is 5.56 Å². The molecule has 0 radical (unpaired) electrons. The molecule has 1 aromatic heterocycles. The molecule has 1 heterocycles. The van der Waals surface area contributed by atoms with Crippen molar-refractivity contribution in [3.63, 3.8) is 0 Å². The van der Waals surface area contributed by atoms with Crippen molar-refractivity contribution in [1.82, 2.24) is 9.55 Å². The lowest BCUT2D eigenvalue weighted by Crippen LogP contribution is -2.37. The summed E-state index contributed by atoms with van der Waals surface area (Å²) in [5, 5.41) is 3.10. The molecule has 1 rings (SSSR count). The molecule has 3 N–H and O–H groups in total. The van der Waals surface area contributed by atoms with Crippen LogP contribution in [-0.4, -0.2) is 21.6 Å². The molecule has 0 atom stereocenters. The molecule has 0 aliphatic rings. The molecule has 0 bridgehead atoms. The van der Waals surface area contributed by atoms with Gasteiger partial charge in [0, 0.05) is 25.0 Å². The van der Waals surface area contributed by atoms with Gasteiger partial charge in [-0.25, -0.2) is 4.98 Å². The molecule has 0 aliphatic carbocycles. The molecule has 0 fully saturated rings. The van der Waals surface area contributed by atoms with Gasteiger partial charge in [-0.2, -0.15) is 0 Å². The first kappa shape index (κ1) is 11.7. The average Bonchev–Trinajstić information content (AvgIpc) is 2.12. The number of aromatic nitrogens is 2. The second-order valence-electron chi connectivity index (χ2n) is 4.24. The molecule has 0 saturated heterocycles. The van der Waals surface area contributed by atoms with Gasteiger partial charge < -0.3 is 15.6 Å². The number of aryl methyl sites for hydroxylation is 1. The number of hydrogen-bond acceptors (Lipinski definition) is 4. The van der Waals surface area contributed by atoms with Gasteiger partial charge in [-0.05, 0) is 26.8 Å². The number of nitrogens with two attached hydrogens (primary N) is 1. The molecule has 0 amide bonds. The molecular weight excluding hydrogens is 192 g/mol. The first-order chi connectivity index (χ1) is 6.96. The minimum atomic E-state index is -0.213. The highest BCUT2D eigenvalue weighted by atomic mass is 16.1. The molecular formula is C10H18N4O. The van der Waals surface area contributed by atoms with Crippen molar-refractivity contribution < 1.29 is 0 Å². The zero-order chi connectivity index (χ0) is 11.5. The van der Waals surface area contributed by atoms with E-state index in [1.54, 1.807) is 19.4 Å².